The maximum Gasteiger partial charge on any atom is 0.219 e. The van der Waals surface area contributed by atoms with Gasteiger partial charge in [-0.15, -0.1) is 0 Å². The van der Waals surface area contributed by atoms with Gasteiger partial charge in [0.1, 0.15) is 0 Å². The summed E-state index contributed by atoms with van der Waals surface area (Å²) in [5.41, 5.74) is 2.73. The molecule has 25 heavy (non-hydrogen) atoms. The fraction of sp³-hybridized carbons (Fsp3) is 0.600. The van der Waals surface area contributed by atoms with Crippen LogP contribution in [0.15, 0.2) is 29.3 Å². The lowest BCUT2D eigenvalue weighted by atomic mass is 9.87. The van der Waals surface area contributed by atoms with Crippen molar-refractivity contribution in [1.82, 2.24) is 15.1 Å². The highest BCUT2D eigenvalue weighted by Gasteiger charge is 2.20. The van der Waals surface area contributed by atoms with Crippen LogP contribution in [0.3, 0.4) is 0 Å². The number of rotatable bonds is 3. The van der Waals surface area contributed by atoms with Gasteiger partial charge in [-0.1, -0.05) is 45.0 Å². The molecule has 1 aromatic rings. The first-order valence-electron chi connectivity index (χ1n) is 9.19. The molecule has 0 aliphatic carbocycles. The SMILES string of the molecule is CCNC(=NCc1ccc(C(C)(C)C)cc1)N1CCN(C(C)=O)CC1. The summed E-state index contributed by atoms with van der Waals surface area (Å²) < 4.78 is 0. The summed E-state index contributed by atoms with van der Waals surface area (Å²) in [4.78, 5) is 20.4. The molecule has 1 aromatic carbocycles. The summed E-state index contributed by atoms with van der Waals surface area (Å²) in [5.74, 6) is 1.09. The van der Waals surface area contributed by atoms with Crippen LogP contribution in [0.25, 0.3) is 0 Å². The van der Waals surface area contributed by atoms with Gasteiger partial charge in [0.05, 0.1) is 6.54 Å². The second-order valence-electron chi connectivity index (χ2n) is 7.61. The van der Waals surface area contributed by atoms with Crippen molar-refractivity contribution >= 4 is 11.9 Å². The molecule has 1 saturated heterocycles. The predicted octanol–water partition coefficient (Wildman–Crippen LogP) is 2.61. The summed E-state index contributed by atoms with van der Waals surface area (Å²) in [5, 5.41) is 3.37. The van der Waals surface area contributed by atoms with E-state index >= 15 is 0 Å². The number of benzene rings is 1. The van der Waals surface area contributed by atoms with Crippen LogP contribution in [-0.4, -0.2) is 54.4 Å². The topological polar surface area (TPSA) is 47.9 Å². The van der Waals surface area contributed by atoms with E-state index in [9.17, 15) is 4.79 Å². The zero-order chi connectivity index (χ0) is 18.4. The van der Waals surface area contributed by atoms with Gasteiger partial charge in [0, 0.05) is 39.6 Å². The van der Waals surface area contributed by atoms with E-state index in [1.807, 2.05) is 4.90 Å². The monoisotopic (exact) mass is 344 g/mol. The quantitative estimate of drug-likeness (QED) is 0.677. The largest absolute Gasteiger partial charge is 0.357 e. The van der Waals surface area contributed by atoms with Crippen molar-refractivity contribution in [3.05, 3.63) is 35.4 Å². The number of carbonyl (C=O) groups is 1. The minimum atomic E-state index is 0.153. The Hall–Kier alpha value is -2.04. The van der Waals surface area contributed by atoms with E-state index in [0.29, 0.717) is 6.54 Å². The molecule has 1 fully saturated rings. The maximum atomic E-state index is 11.5. The number of amides is 1. The first-order chi connectivity index (χ1) is 11.8. The first kappa shape index (κ1) is 19.3. The average molecular weight is 345 g/mol. The lowest BCUT2D eigenvalue weighted by molar-refractivity contribution is -0.130. The van der Waals surface area contributed by atoms with Crippen molar-refractivity contribution in [1.29, 1.82) is 0 Å². The predicted molar refractivity (Wildman–Crippen MR) is 104 cm³/mol. The van der Waals surface area contributed by atoms with Crippen LogP contribution < -0.4 is 5.32 Å². The van der Waals surface area contributed by atoms with Crippen molar-refractivity contribution in [2.75, 3.05) is 32.7 Å². The van der Waals surface area contributed by atoms with Crippen LogP contribution >= 0.6 is 0 Å². The highest BCUT2D eigenvalue weighted by atomic mass is 16.2. The fourth-order valence-electron chi connectivity index (χ4n) is 2.94. The highest BCUT2D eigenvalue weighted by Crippen LogP contribution is 2.22. The van der Waals surface area contributed by atoms with Crippen LogP contribution in [-0.2, 0) is 16.8 Å². The Kier molecular flexibility index (Phi) is 6.45. The summed E-state index contributed by atoms with van der Waals surface area (Å²) in [6, 6.07) is 8.73. The molecule has 138 valence electrons. The van der Waals surface area contributed by atoms with Gasteiger partial charge in [-0.25, -0.2) is 4.99 Å². The third kappa shape index (κ3) is 5.48. The third-order valence-corrected chi connectivity index (χ3v) is 4.59. The molecule has 1 amide bonds. The molecule has 0 saturated carbocycles. The molecule has 0 unspecified atom stereocenters. The van der Waals surface area contributed by atoms with Gasteiger partial charge in [0.15, 0.2) is 5.96 Å². The van der Waals surface area contributed by atoms with Gasteiger partial charge >= 0.3 is 0 Å². The van der Waals surface area contributed by atoms with E-state index in [1.165, 1.54) is 11.1 Å². The number of hydrogen-bond acceptors (Lipinski definition) is 2. The number of nitrogens with zero attached hydrogens (tertiary/aromatic N) is 3. The standard InChI is InChI=1S/C20H32N4O/c1-6-21-19(24-13-11-23(12-14-24)16(2)25)22-15-17-7-9-18(10-8-17)20(3,4)5/h7-10H,6,11-15H2,1-5H3,(H,21,22). The molecule has 1 heterocycles. The van der Waals surface area contributed by atoms with Crippen LogP contribution in [0.5, 0.6) is 0 Å². The van der Waals surface area contributed by atoms with E-state index in [-0.39, 0.29) is 11.3 Å². The Morgan fingerprint density at radius 3 is 2.12 bits per heavy atom. The average Bonchev–Trinajstić information content (AvgIpc) is 2.58. The van der Waals surface area contributed by atoms with Gasteiger partial charge in [0.2, 0.25) is 5.91 Å². The van der Waals surface area contributed by atoms with Gasteiger partial charge in [-0.2, -0.15) is 0 Å². The zero-order valence-corrected chi connectivity index (χ0v) is 16.3. The second-order valence-corrected chi connectivity index (χ2v) is 7.61. The molecule has 5 heteroatoms. The summed E-state index contributed by atoms with van der Waals surface area (Å²) in [6.07, 6.45) is 0. The summed E-state index contributed by atoms with van der Waals surface area (Å²) in [6.45, 7) is 15.1. The van der Waals surface area contributed by atoms with E-state index in [2.05, 4.69) is 62.2 Å². The minimum absolute atomic E-state index is 0.153. The molecule has 2 rings (SSSR count). The Balaban J connectivity index is 2.01. The third-order valence-electron chi connectivity index (χ3n) is 4.59. The number of carbonyl (C=O) groups excluding carboxylic acids is 1. The lowest BCUT2D eigenvalue weighted by Gasteiger charge is -2.36. The van der Waals surface area contributed by atoms with E-state index in [4.69, 9.17) is 4.99 Å². The Bertz CT molecular complexity index is 593. The van der Waals surface area contributed by atoms with Crippen LogP contribution in [0.1, 0.15) is 45.7 Å². The van der Waals surface area contributed by atoms with Gasteiger partial charge in [0.25, 0.3) is 0 Å². The van der Waals surface area contributed by atoms with Crippen molar-refractivity contribution in [3.63, 3.8) is 0 Å². The minimum Gasteiger partial charge on any atom is -0.357 e. The molecule has 0 spiro atoms. The smallest absolute Gasteiger partial charge is 0.219 e. The van der Waals surface area contributed by atoms with Crippen LogP contribution in [0.2, 0.25) is 0 Å². The molecule has 1 aliphatic rings. The number of aliphatic imine (C=N–C) groups is 1. The molecular weight excluding hydrogens is 312 g/mol. The van der Waals surface area contributed by atoms with Crippen LogP contribution in [0.4, 0.5) is 0 Å². The van der Waals surface area contributed by atoms with Crippen molar-refractivity contribution in [2.24, 2.45) is 4.99 Å². The van der Waals surface area contributed by atoms with E-state index < -0.39 is 0 Å². The summed E-state index contributed by atoms with van der Waals surface area (Å²) in [7, 11) is 0. The highest BCUT2D eigenvalue weighted by molar-refractivity contribution is 5.80. The molecule has 1 N–H and O–H groups in total. The molecule has 0 bridgehead atoms. The molecule has 1 aliphatic heterocycles. The normalized spacial score (nSPS) is 16.1. The number of hydrogen-bond donors (Lipinski definition) is 1. The Morgan fingerprint density at radius 1 is 1.08 bits per heavy atom. The number of piperazine rings is 1. The van der Waals surface area contributed by atoms with Gasteiger partial charge in [-0.3, -0.25) is 4.79 Å². The van der Waals surface area contributed by atoms with Crippen molar-refractivity contribution in [3.8, 4) is 0 Å². The molecule has 5 nitrogen and oxygen atoms in total. The van der Waals surface area contributed by atoms with E-state index in [0.717, 1.165) is 38.7 Å². The van der Waals surface area contributed by atoms with E-state index in [1.54, 1.807) is 6.92 Å². The van der Waals surface area contributed by atoms with Crippen LogP contribution in [0, 0.1) is 0 Å². The van der Waals surface area contributed by atoms with Crippen molar-refractivity contribution in [2.45, 2.75) is 46.6 Å². The Morgan fingerprint density at radius 2 is 1.64 bits per heavy atom. The zero-order valence-electron chi connectivity index (χ0n) is 16.3. The molecular formula is C20H32N4O. The van der Waals surface area contributed by atoms with Crippen molar-refractivity contribution < 1.29 is 4.79 Å². The van der Waals surface area contributed by atoms with Gasteiger partial charge in [-0.05, 0) is 23.5 Å². The van der Waals surface area contributed by atoms with Gasteiger partial charge < -0.3 is 15.1 Å². The first-order valence-corrected chi connectivity index (χ1v) is 9.19. The summed E-state index contributed by atoms with van der Waals surface area (Å²) >= 11 is 0. The molecule has 0 aromatic heterocycles. The molecule has 0 radical (unpaired) electrons. The molecule has 0 atom stereocenters. The fourth-order valence-corrected chi connectivity index (χ4v) is 2.94. The lowest BCUT2D eigenvalue weighted by Crippen LogP contribution is -2.53. The number of guanidine groups is 1. The number of nitrogens with one attached hydrogen (secondary N) is 1. The maximum absolute atomic E-state index is 11.5. The second kappa shape index (κ2) is 8.37. The Labute approximate surface area is 152 Å².